The van der Waals surface area contributed by atoms with Gasteiger partial charge in [0.25, 0.3) is 0 Å². The summed E-state index contributed by atoms with van der Waals surface area (Å²) < 4.78 is 1.77. The number of amides is 2. The lowest BCUT2D eigenvalue weighted by atomic mass is 10.1. The molecule has 2 amide bonds. The van der Waals surface area contributed by atoms with Crippen LogP contribution < -0.4 is 10.6 Å². The summed E-state index contributed by atoms with van der Waals surface area (Å²) in [6.07, 6.45) is 3.29. The summed E-state index contributed by atoms with van der Waals surface area (Å²) in [4.78, 5) is 29.3. The number of hydrogen-bond donors (Lipinski definition) is 2. The minimum absolute atomic E-state index is 0.0604. The second kappa shape index (κ2) is 10.5. The van der Waals surface area contributed by atoms with Crippen LogP contribution in [0.15, 0.2) is 77.1 Å². The minimum atomic E-state index is -0.194. The molecule has 7 heteroatoms. The summed E-state index contributed by atoms with van der Waals surface area (Å²) in [5.74, 6) is 0.0249. The molecule has 0 aliphatic heterocycles. The number of aryl methyl sites for hydroxylation is 2. The average molecular weight is 474 g/mol. The van der Waals surface area contributed by atoms with Crippen LogP contribution in [0.25, 0.3) is 16.3 Å². The maximum atomic E-state index is 12.4. The van der Waals surface area contributed by atoms with Crippen molar-refractivity contribution in [2.45, 2.75) is 18.2 Å². The van der Waals surface area contributed by atoms with Gasteiger partial charge in [0.05, 0.1) is 16.0 Å². The zero-order chi connectivity index (χ0) is 23.2. The van der Waals surface area contributed by atoms with E-state index in [2.05, 4.69) is 15.6 Å². The molecule has 33 heavy (non-hydrogen) atoms. The van der Waals surface area contributed by atoms with Crippen LogP contribution in [-0.2, 0) is 9.59 Å². The number of thiazole rings is 1. The Bertz CT molecular complexity index is 1310. The van der Waals surface area contributed by atoms with Gasteiger partial charge in [0.1, 0.15) is 0 Å². The van der Waals surface area contributed by atoms with E-state index in [1.54, 1.807) is 6.08 Å². The van der Waals surface area contributed by atoms with Gasteiger partial charge in [-0.3, -0.25) is 9.59 Å². The second-order valence-corrected chi connectivity index (χ2v) is 9.75. The number of aromatic nitrogens is 1. The van der Waals surface area contributed by atoms with Crippen LogP contribution in [-0.4, -0.2) is 22.6 Å². The number of carbonyl (C=O) groups excluding carboxylic acids is 2. The predicted molar refractivity (Wildman–Crippen MR) is 139 cm³/mol. The van der Waals surface area contributed by atoms with Crippen LogP contribution in [0.1, 0.15) is 16.7 Å². The van der Waals surface area contributed by atoms with Crippen LogP contribution in [0, 0.1) is 13.8 Å². The maximum Gasteiger partial charge on any atom is 0.248 e. The standard InChI is InChI=1S/C26H23N3O2S2/c1-17-7-6-8-18(2)25(17)29-24(31)16-32-26-28-21-13-12-20(15-22(21)33-26)27-23(30)14-11-19-9-4-3-5-10-19/h3-15H,16H2,1-2H3,(H,27,30)(H,29,31)/b14-11+. The first-order valence-electron chi connectivity index (χ1n) is 10.4. The van der Waals surface area contributed by atoms with E-state index < -0.39 is 0 Å². The first-order valence-corrected chi connectivity index (χ1v) is 12.2. The molecule has 4 rings (SSSR count). The molecule has 5 nitrogen and oxygen atoms in total. The molecule has 0 aliphatic carbocycles. The Morgan fingerprint density at radius 2 is 1.73 bits per heavy atom. The fourth-order valence-electron chi connectivity index (χ4n) is 3.28. The highest BCUT2D eigenvalue weighted by atomic mass is 32.2. The first-order chi connectivity index (χ1) is 16.0. The number of hydrogen-bond acceptors (Lipinski definition) is 5. The normalized spacial score (nSPS) is 11.1. The Kier molecular flexibility index (Phi) is 7.22. The number of nitrogens with one attached hydrogen (secondary N) is 2. The average Bonchev–Trinajstić information content (AvgIpc) is 3.22. The van der Waals surface area contributed by atoms with E-state index in [-0.39, 0.29) is 17.6 Å². The van der Waals surface area contributed by atoms with E-state index in [0.717, 1.165) is 36.9 Å². The number of rotatable bonds is 7. The van der Waals surface area contributed by atoms with Crippen LogP contribution in [0.2, 0.25) is 0 Å². The molecule has 4 aromatic rings. The predicted octanol–water partition coefficient (Wildman–Crippen LogP) is 6.30. The van der Waals surface area contributed by atoms with Gasteiger partial charge in [-0.2, -0.15) is 0 Å². The largest absolute Gasteiger partial charge is 0.325 e. The number of carbonyl (C=O) groups is 2. The highest BCUT2D eigenvalue weighted by Gasteiger charge is 2.11. The molecule has 3 aromatic carbocycles. The number of nitrogens with zero attached hydrogens (tertiary/aromatic N) is 1. The number of benzene rings is 3. The van der Waals surface area contributed by atoms with Gasteiger partial charge >= 0.3 is 0 Å². The Balaban J connectivity index is 1.36. The maximum absolute atomic E-state index is 12.4. The third kappa shape index (κ3) is 6.09. The molecule has 1 aromatic heterocycles. The third-order valence-corrected chi connectivity index (χ3v) is 7.10. The van der Waals surface area contributed by atoms with Crippen molar-refractivity contribution < 1.29 is 9.59 Å². The third-order valence-electron chi connectivity index (χ3n) is 4.94. The van der Waals surface area contributed by atoms with Gasteiger partial charge in [-0.1, -0.05) is 60.3 Å². The van der Waals surface area contributed by atoms with E-state index in [1.807, 2.05) is 80.6 Å². The van der Waals surface area contributed by atoms with E-state index in [9.17, 15) is 9.59 Å². The zero-order valence-corrected chi connectivity index (χ0v) is 19.9. The molecule has 0 bridgehead atoms. The highest BCUT2D eigenvalue weighted by molar-refractivity contribution is 8.01. The number of para-hydroxylation sites is 1. The molecule has 0 fully saturated rings. The zero-order valence-electron chi connectivity index (χ0n) is 18.3. The van der Waals surface area contributed by atoms with E-state index >= 15 is 0 Å². The Morgan fingerprint density at radius 1 is 0.970 bits per heavy atom. The smallest absolute Gasteiger partial charge is 0.248 e. The second-order valence-electron chi connectivity index (χ2n) is 7.50. The molecule has 0 radical (unpaired) electrons. The lowest BCUT2D eigenvalue weighted by Gasteiger charge is -2.10. The Labute approximate surface area is 200 Å². The van der Waals surface area contributed by atoms with Crippen molar-refractivity contribution in [2.24, 2.45) is 0 Å². The van der Waals surface area contributed by atoms with Crippen molar-refractivity contribution in [3.05, 3.63) is 89.5 Å². The summed E-state index contributed by atoms with van der Waals surface area (Å²) in [6, 6.07) is 21.2. The Hall–Kier alpha value is -3.42. The number of fused-ring (bicyclic) bond motifs is 1. The summed E-state index contributed by atoms with van der Waals surface area (Å²) in [5.41, 5.74) is 5.47. The Morgan fingerprint density at radius 3 is 2.48 bits per heavy atom. The molecule has 0 atom stereocenters. The van der Waals surface area contributed by atoms with Crippen LogP contribution >= 0.6 is 23.1 Å². The lowest BCUT2D eigenvalue weighted by molar-refractivity contribution is -0.114. The van der Waals surface area contributed by atoms with Gasteiger partial charge in [0, 0.05) is 17.5 Å². The van der Waals surface area contributed by atoms with Gasteiger partial charge in [-0.05, 0) is 54.8 Å². The van der Waals surface area contributed by atoms with E-state index in [1.165, 1.54) is 29.2 Å². The van der Waals surface area contributed by atoms with Crippen molar-refractivity contribution in [3.8, 4) is 0 Å². The quantitative estimate of drug-likeness (QED) is 0.244. The lowest BCUT2D eigenvalue weighted by Crippen LogP contribution is -2.15. The molecule has 0 aliphatic rings. The molecular weight excluding hydrogens is 450 g/mol. The van der Waals surface area contributed by atoms with Crippen molar-refractivity contribution in [2.75, 3.05) is 16.4 Å². The molecular formula is C26H23N3O2S2. The molecule has 1 heterocycles. The van der Waals surface area contributed by atoms with Gasteiger partial charge in [0.15, 0.2) is 4.34 Å². The fraction of sp³-hybridized carbons (Fsp3) is 0.115. The molecule has 0 saturated carbocycles. The van der Waals surface area contributed by atoms with Crippen molar-refractivity contribution >= 4 is 62.6 Å². The molecule has 0 saturated heterocycles. The SMILES string of the molecule is Cc1cccc(C)c1NC(=O)CSc1nc2ccc(NC(=O)/C=C/c3ccccc3)cc2s1. The topological polar surface area (TPSA) is 71.1 Å². The van der Waals surface area contributed by atoms with E-state index in [4.69, 9.17) is 0 Å². The van der Waals surface area contributed by atoms with Crippen LogP contribution in [0.3, 0.4) is 0 Å². The van der Waals surface area contributed by atoms with Crippen molar-refractivity contribution in [1.82, 2.24) is 4.98 Å². The monoisotopic (exact) mass is 473 g/mol. The minimum Gasteiger partial charge on any atom is -0.325 e. The van der Waals surface area contributed by atoms with Crippen molar-refractivity contribution in [1.29, 1.82) is 0 Å². The number of thioether (sulfide) groups is 1. The summed E-state index contributed by atoms with van der Waals surface area (Å²) in [6.45, 7) is 3.97. The number of anilines is 2. The van der Waals surface area contributed by atoms with Gasteiger partial charge < -0.3 is 10.6 Å². The summed E-state index contributed by atoms with van der Waals surface area (Å²) in [7, 11) is 0. The molecule has 166 valence electrons. The fourth-order valence-corrected chi connectivity index (χ4v) is 5.19. The summed E-state index contributed by atoms with van der Waals surface area (Å²) in [5, 5.41) is 5.88. The van der Waals surface area contributed by atoms with Crippen LogP contribution in [0.4, 0.5) is 11.4 Å². The molecule has 0 unspecified atom stereocenters. The first kappa shape index (κ1) is 22.8. The molecule has 2 N–H and O–H groups in total. The van der Waals surface area contributed by atoms with Gasteiger partial charge in [-0.15, -0.1) is 11.3 Å². The van der Waals surface area contributed by atoms with Gasteiger partial charge in [0.2, 0.25) is 11.8 Å². The summed E-state index contributed by atoms with van der Waals surface area (Å²) >= 11 is 2.91. The van der Waals surface area contributed by atoms with Crippen molar-refractivity contribution in [3.63, 3.8) is 0 Å². The molecule has 0 spiro atoms. The van der Waals surface area contributed by atoms with E-state index in [0.29, 0.717) is 5.69 Å². The van der Waals surface area contributed by atoms with Crippen LogP contribution in [0.5, 0.6) is 0 Å². The highest BCUT2D eigenvalue weighted by Crippen LogP contribution is 2.31. The van der Waals surface area contributed by atoms with Gasteiger partial charge in [-0.25, -0.2) is 4.98 Å².